The smallest absolute Gasteiger partial charge is 0.433 e. The summed E-state index contributed by atoms with van der Waals surface area (Å²) < 4.78 is 70.9. The summed E-state index contributed by atoms with van der Waals surface area (Å²) in [6, 6.07) is 72.7. The Labute approximate surface area is 847 Å². The Balaban J connectivity index is 0.000000168. The first-order valence-corrected chi connectivity index (χ1v) is 43.5. The Bertz CT molecular complexity index is 7400. The Morgan fingerprint density at radius 1 is 0.270 bits per heavy atom. The van der Waals surface area contributed by atoms with Crippen LogP contribution < -0.4 is 60.3 Å². The van der Waals surface area contributed by atoms with E-state index in [1.54, 1.807) is 281 Å². The number of anilines is 6. The number of hydrogen-bond donors (Lipinski definition) is 6. The summed E-state index contributed by atoms with van der Waals surface area (Å²) in [5, 5.41) is 16.1. The Hall–Kier alpha value is -21.1. The summed E-state index contributed by atoms with van der Waals surface area (Å²) in [5.41, 5.74) is 7.26. The molecule has 18 aromatic rings. The number of alkyl halides is 3. The number of benzene rings is 5. The zero-order valence-electron chi connectivity index (χ0n) is 77.6. The molecule has 13 heterocycles. The molecule has 148 heavy (non-hydrogen) atoms. The number of terminal acetylenes is 3. The predicted octanol–water partition coefficient (Wildman–Crippen LogP) is 22.2. The van der Waals surface area contributed by atoms with Gasteiger partial charge in [0.05, 0.1) is 68.2 Å². The molecule has 0 unspecified atom stereocenters. The molecule has 0 bridgehead atoms. The van der Waals surface area contributed by atoms with Gasteiger partial charge in [-0.2, -0.15) is 33.1 Å². The van der Waals surface area contributed by atoms with Crippen molar-refractivity contribution in [2.24, 2.45) is 0 Å². The van der Waals surface area contributed by atoms with Crippen molar-refractivity contribution in [1.29, 1.82) is 0 Å². The second-order valence-corrected chi connectivity index (χ2v) is 30.0. The van der Waals surface area contributed by atoms with Crippen molar-refractivity contribution in [3.63, 3.8) is 0 Å². The van der Waals surface area contributed by atoms with Gasteiger partial charge in [0.25, 0.3) is 35.4 Å². The average molecular weight is 1980 g/mol. The van der Waals surface area contributed by atoms with Crippen LogP contribution in [-0.4, -0.2) is 115 Å². The Morgan fingerprint density at radius 2 is 0.635 bits per heavy atom. The summed E-state index contributed by atoms with van der Waals surface area (Å²) in [7, 11) is 0. The fraction of sp³-hybridized carbons (Fsp3) is 0.0631. The van der Waals surface area contributed by atoms with Gasteiger partial charge < -0.3 is 60.3 Å². The van der Waals surface area contributed by atoms with Crippen molar-refractivity contribution < 1.29 is 70.4 Å². The van der Waals surface area contributed by atoms with Crippen LogP contribution in [-0.2, 0) is 6.18 Å². The van der Waals surface area contributed by atoms with Crippen molar-refractivity contribution in [3.8, 4) is 107 Å². The number of aryl methyl sites for hydroxylation is 4. The van der Waals surface area contributed by atoms with Gasteiger partial charge in [0.15, 0.2) is 17.4 Å². The number of nitrogens with zero attached hydrogens (tertiary/aromatic N) is 16. The van der Waals surface area contributed by atoms with Gasteiger partial charge >= 0.3 is 6.18 Å². The van der Waals surface area contributed by atoms with E-state index in [1.807, 2.05) is 57.2 Å². The van der Waals surface area contributed by atoms with E-state index >= 15 is 0 Å². The van der Waals surface area contributed by atoms with Gasteiger partial charge in [-0.15, -0.1) is 19.3 Å². The number of aromatic nitrogens is 16. The maximum Gasteiger partial charge on any atom is 0.433 e. The highest BCUT2D eigenvalue weighted by molar-refractivity contribution is 6.07. The van der Waals surface area contributed by atoms with Crippen molar-refractivity contribution in [3.05, 3.63) is 445 Å². The normalized spacial score (nSPS) is 10.0. The molecule has 0 spiro atoms. The van der Waals surface area contributed by atoms with Crippen LogP contribution in [0.1, 0.15) is 122 Å². The maximum atomic E-state index is 12.5. The first-order valence-electron chi connectivity index (χ1n) is 43.5. The number of nitrogens with one attached hydrogen (secondary N) is 6. The molecule has 0 atom stereocenters. The van der Waals surface area contributed by atoms with Crippen LogP contribution >= 0.6 is 0 Å². The molecule has 0 saturated heterocycles. The third-order valence-electron chi connectivity index (χ3n) is 18.9. The molecule has 37 heteroatoms. The summed E-state index contributed by atoms with van der Waals surface area (Å²) in [6.07, 6.45) is 37.2. The van der Waals surface area contributed by atoms with E-state index in [1.165, 1.54) is 37.2 Å². The van der Waals surface area contributed by atoms with Crippen molar-refractivity contribution in [1.82, 2.24) is 79.7 Å². The molecule has 6 amide bonds. The van der Waals surface area contributed by atoms with Gasteiger partial charge in [-0.25, -0.2) is 29.9 Å². The molecule has 0 radical (unpaired) electrons. The molecule has 0 aliphatic carbocycles. The maximum absolute atomic E-state index is 12.5. The van der Waals surface area contributed by atoms with Crippen LogP contribution in [0.2, 0.25) is 0 Å². The minimum atomic E-state index is -4.52. The van der Waals surface area contributed by atoms with E-state index < -0.39 is 17.8 Å². The number of ether oxygens (including phenoxy) is 6. The molecule has 18 rings (SSSR count). The molecule has 13 aromatic heterocycles. The molecular weight excluding hydrogens is 1890 g/mol. The molecular formula is C111H89F3N22O12. The lowest BCUT2D eigenvalue weighted by molar-refractivity contribution is -0.141. The highest BCUT2D eigenvalue weighted by atomic mass is 19.4. The van der Waals surface area contributed by atoms with Gasteiger partial charge in [0.2, 0.25) is 23.5 Å². The van der Waals surface area contributed by atoms with Crippen LogP contribution in [0.25, 0.3) is 0 Å². The molecule has 0 fully saturated rings. The molecule has 0 aliphatic rings. The van der Waals surface area contributed by atoms with Gasteiger partial charge in [-0.3, -0.25) is 58.7 Å². The number of rotatable bonds is 24. The van der Waals surface area contributed by atoms with Crippen LogP contribution in [0.5, 0.6) is 69.5 Å². The monoisotopic (exact) mass is 1980 g/mol. The average Bonchev–Trinajstić information content (AvgIpc) is 0.846. The van der Waals surface area contributed by atoms with E-state index in [0.717, 1.165) is 35.2 Å². The lowest BCUT2D eigenvalue weighted by Gasteiger charge is -2.09. The zero-order valence-corrected chi connectivity index (χ0v) is 77.6. The fourth-order valence-corrected chi connectivity index (χ4v) is 12.1. The van der Waals surface area contributed by atoms with Crippen LogP contribution in [0.4, 0.5) is 48.1 Å². The van der Waals surface area contributed by atoms with Crippen molar-refractivity contribution in [2.45, 2.75) is 48.7 Å². The summed E-state index contributed by atoms with van der Waals surface area (Å²) >= 11 is 0. The SMILES string of the molecule is C.C.C#Cc1cccc(C(=O)Nc2cc(Oc3cccnc3)ccn2)c1.C#Cc1cccc(C(=O)Nc2cccc(Oc3ccc(C)nc3)n2)c1.C#Cc1cccc(C(=O)Nc2cncc(Oc3cccnc3)n2)c1.Cc1cccc(C(=O)Nc2cc(Oc3cncnc3)ccn2)c1.Cc1cccc(C(=O)Nc2cccc(Oc3ccc(C(F)(F)F)nc3)n2)n1.Cc1cccc(C(=O)Nc2cncc(Oc3cccnc3)n2)c1. The number of pyridine rings is 10. The van der Waals surface area contributed by atoms with E-state index in [9.17, 15) is 41.9 Å². The molecule has 34 nitrogen and oxygen atoms in total. The van der Waals surface area contributed by atoms with E-state index in [4.69, 9.17) is 47.7 Å². The number of amides is 6. The van der Waals surface area contributed by atoms with Gasteiger partial charge in [-0.05, 0) is 204 Å². The quantitative estimate of drug-likeness (QED) is 0.0306. The highest BCUT2D eigenvalue weighted by Gasteiger charge is 2.32. The Kier molecular flexibility index (Phi) is 39.5. The lowest BCUT2D eigenvalue weighted by Crippen LogP contribution is -2.15. The third kappa shape index (κ3) is 34.8. The van der Waals surface area contributed by atoms with Gasteiger partial charge in [-0.1, -0.05) is 104 Å². The summed E-state index contributed by atoms with van der Waals surface area (Å²) in [5.74, 6) is 12.5. The largest absolute Gasteiger partial charge is 0.456 e. The second-order valence-electron chi connectivity index (χ2n) is 30.0. The summed E-state index contributed by atoms with van der Waals surface area (Å²) in [4.78, 5) is 138. The summed E-state index contributed by atoms with van der Waals surface area (Å²) in [6.45, 7) is 7.53. The van der Waals surface area contributed by atoms with Crippen molar-refractivity contribution >= 4 is 70.4 Å². The molecule has 5 aromatic carbocycles. The molecule has 736 valence electrons. The lowest BCUT2D eigenvalue weighted by atomic mass is 10.1. The minimum absolute atomic E-state index is 0. The number of halogens is 3. The first-order chi connectivity index (χ1) is 70.8. The minimum Gasteiger partial charge on any atom is -0.456 e. The first kappa shape index (κ1) is 107. The van der Waals surface area contributed by atoms with E-state index in [0.29, 0.717) is 120 Å². The third-order valence-corrected chi connectivity index (χ3v) is 18.9. The zero-order chi connectivity index (χ0) is 103. The highest BCUT2D eigenvalue weighted by Crippen LogP contribution is 2.32. The number of carbonyl (C=O) groups is 6. The number of hydrogen-bond acceptors (Lipinski definition) is 28. The fourth-order valence-electron chi connectivity index (χ4n) is 12.1. The number of carbonyl (C=O) groups excluding carboxylic acids is 6. The topological polar surface area (TPSA) is 436 Å². The van der Waals surface area contributed by atoms with E-state index in [2.05, 4.69) is 129 Å². The molecule has 0 saturated carbocycles. The van der Waals surface area contributed by atoms with Crippen molar-refractivity contribution in [2.75, 3.05) is 31.9 Å². The molecule has 6 N–H and O–H groups in total. The molecule has 0 aliphatic heterocycles. The van der Waals surface area contributed by atoms with Gasteiger partial charge in [0.1, 0.15) is 81.2 Å². The Morgan fingerprint density at radius 3 is 1.03 bits per heavy atom. The van der Waals surface area contributed by atoms with Crippen LogP contribution in [0, 0.1) is 64.7 Å². The van der Waals surface area contributed by atoms with Crippen LogP contribution in [0.3, 0.4) is 0 Å². The van der Waals surface area contributed by atoms with Gasteiger partial charge in [0, 0.05) is 111 Å². The second kappa shape index (κ2) is 54.5. The van der Waals surface area contributed by atoms with E-state index in [-0.39, 0.29) is 85.1 Å². The van der Waals surface area contributed by atoms with Crippen LogP contribution in [0.15, 0.2) is 366 Å². The predicted molar refractivity (Wildman–Crippen MR) is 550 cm³/mol. The standard InChI is InChI=1S/C20H15N3O2.C19H13N3O2.C18H13F3N4O2.C18H12N4O2.2C17H14N4O2.2CH4/c1-3-15-6-4-7-16(12-15)20(24)23-18-8-5-9-19(22-18)25-17-11-10-14(2)21-13-17;1-2-14-5-3-6-15(11-14)19(23)22-18-12-16(8-10-21-18)24-17-7-4-9-20-13-17;1-11-4-2-5-13(23-11)17(26)25-15-6-3-7-16(24-15)27-12-8-9-14(22-10-12)18(19,20)21;1-2-13-5-3-6-14(9-13)18(23)22-16-11-20-12-17(21-16)24-15-7-4-8-19-10-15;1-12-4-2-5-13(8-12)17(22)21-15-10-19-11-16(20-15)23-14-6-3-7-18-9-14;1-12-3-2-4-13(7-12)17(22)21-16-8-14(5-6-20-16)23-15-9-18-11-19-10-15;;/h1,4-13H,2H3,(H,22,23,24);1,3-13H,(H,21,22,23);2-10H,1H3,(H,24,25,26);1,3-12H,(H,21,22,23);2*2-11H,1H3,(H,20,21,22);2*1H4.